The van der Waals surface area contributed by atoms with Crippen molar-refractivity contribution >= 4 is 15.9 Å². The van der Waals surface area contributed by atoms with E-state index in [1.807, 2.05) is 5.10 Å². The van der Waals surface area contributed by atoms with Crippen LogP contribution in [0.3, 0.4) is 0 Å². The summed E-state index contributed by atoms with van der Waals surface area (Å²) in [5.74, 6) is -1.32. The summed E-state index contributed by atoms with van der Waals surface area (Å²) < 4.78 is 71.4. The molecule has 1 atom stereocenters. The minimum absolute atomic E-state index is 0.146. The van der Waals surface area contributed by atoms with Gasteiger partial charge in [0.15, 0.2) is 0 Å². The molecule has 2 aromatic rings. The smallest absolute Gasteiger partial charge is 0.388 e. The summed E-state index contributed by atoms with van der Waals surface area (Å²) in [6, 6.07) is 1.58. The van der Waals surface area contributed by atoms with Crippen LogP contribution in [-0.2, 0) is 0 Å². The molecule has 1 aromatic carbocycles. The lowest BCUT2D eigenvalue weighted by molar-refractivity contribution is 0.343. The van der Waals surface area contributed by atoms with Crippen molar-refractivity contribution in [2.75, 3.05) is 18.4 Å². The zero-order chi connectivity index (χ0) is 19.9. The van der Waals surface area contributed by atoms with Gasteiger partial charge in [-0.1, -0.05) is 19.4 Å². The van der Waals surface area contributed by atoms with Gasteiger partial charge >= 0.3 is 16.0 Å². The molecule has 3 N–H and O–H groups in total. The van der Waals surface area contributed by atoms with E-state index in [9.17, 15) is 24.2 Å². The van der Waals surface area contributed by atoms with Crippen molar-refractivity contribution in [3.8, 4) is 11.5 Å². The molecule has 1 unspecified atom stereocenters. The van der Waals surface area contributed by atoms with Gasteiger partial charge in [0.1, 0.15) is 4.90 Å². The molecule has 1 aliphatic rings. The Labute approximate surface area is 151 Å². The van der Waals surface area contributed by atoms with Gasteiger partial charge in [0.25, 0.3) is 0 Å². The third kappa shape index (κ3) is 4.80. The Morgan fingerprint density at radius 1 is 1.19 bits per heavy atom. The predicted octanol–water partition coefficient (Wildman–Crippen LogP) is 4.49. The monoisotopic (exact) mass is 414 g/mol. The number of nitrogens with zero attached hydrogens (tertiary/aromatic N) is 1. The van der Waals surface area contributed by atoms with Crippen LogP contribution in [0, 0.1) is 5.92 Å². The quantitative estimate of drug-likeness (QED) is 0.628. The molecule has 27 heavy (non-hydrogen) atoms. The van der Waals surface area contributed by atoms with Gasteiger partial charge in [-0.05, 0) is 57.0 Å². The van der Waals surface area contributed by atoms with Gasteiger partial charge < -0.3 is 15.1 Å². The Kier molecular flexibility index (Phi) is 4.34. The third-order valence-corrected chi connectivity index (χ3v) is 5.65. The molecule has 6 nitrogen and oxygen atoms in total. The van der Waals surface area contributed by atoms with Crippen molar-refractivity contribution < 1.29 is 23.8 Å². The van der Waals surface area contributed by atoms with E-state index in [-0.39, 0.29) is 29.3 Å². The number of hydrogen-bond donors (Lipinski definition) is 3. The number of piperidine rings is 1. The van der Waals surface area contributed by atoms with E-state index < -0.39 is 26.8 Å². The van der Waals surface area contributed by atoms with Gasteiger partial charge in [-0.15, -0.1) is 5.10 Å². The fraction of sp³-hybridized carbons (Fsp3) is 0.467. The molecule has 1 aliphatic heterocycles. The van der Waals surface area contributed by atoms with Crippen LogP contribution in [-0.4, -0.2) is 29.3 Å². The third-order valence-electron chi connectivity index (χ3n) is 4.52. The Bertz CT molecular complexity index is 890. The first-order valence-corrected chi connectivity index (χ1v) is 10.2. The number of aromatic nitrogens is 2. The number of halogens is 5. The highest BCUT2D eigenvalue weighted by molar-refractivity contribution is 8.45. The first kappa shape index (κ1) is 19.7. The maximum atomic E-state index is 13.4. The van der Waals surface area contributed by atoms with Crippen LogP contribution in [0.5, 0.6) is 0 Å². The van der Waals surface area contributed by atoms with E-state index in [0.717, 1.165) is 25.9 Å². The number of nitrogens with one attached hydrogen (secondary N) is 3. The SMILES string of the molecule is CC(Nc1cc(-c2n[nH]c(=O)o2)cc(S(F)(F)(F)(F)F)c1)C1CCNCC1. The topological polar surface area (TPSA) is 83.0 Å². The zero-order valence-corrected chi connectivity index (χ0v) is 15.1. The molecule has 2 heterocycles. The second kappa shape index (κ2) is 5.96. The predicted molar refractivity (Wildman–Crippen MR) is 92.6 cm³/mol. The largest absolute Gasteiger partial charge is 0.434 e. The molecule has 1 saturated heterocycles. The average Bonchev–Trinajstić information content (AvgIpc) is 3.00. The highest BCUT2D eigenvalue weighted by Gasteiger charge is 2.65. The van der Waals surface area contributed by atoms with Gasteiger partial charge in [0.05, 0.1) is 0 Å². The van der Waals surface area contributed by atoms with Crippen molar-refractivity contribution in [1.82, 2.24) is 15.5 Å². The second-order valence-electron chi connectivity index (χ2n) is 6.65. The lowest BCUT2D eigenvalue weighted by Gasteiger charge is -2.41. The number of anilines is 1. The van der Waals surface area contributed by atoms with Crippen LogP contribution in [0.1, 0.15) is 19.8 Å². The standard InChI is InChI=1S/C15H19F5N4O2S/c1-9(10-2-4-21-5-3-10)22-12-6-11(14-23-24-15(25)26-14)7-13(8-12)27(16,17,18,19)20/h6-10,21-22H,2-5H2,1H3,(H,24,25). The van der Waals surface area contributed by atoms with E-state index >= 15 is 0 Å². The van der Waals surface area contributed by atoms with Crippen molar-refractivity contribution in [1.29, 1.82) is 0 Å². The molecule has 12 heteroatoms. The fourth-order valence-corrected chi connectivity index (χ4v) is 3.81. The van der Waals surface area contributed by atoms with Crippen LogP contribution >= 0.6 is 10.2 Å². The van der Waals surface area contributed by atoms with Crippen LogP contribution < -0.4 is 16.4 Å². The van der Waals surface area contributed by atoms with Crippen molar-refractivity contribution in [3.63, 3.8) is 0 Å². The van der Waals surface area contributed by atoms with E-state index in [0.29, 0.717) is 6.07 Å². The molecule has 152 valence electrons. The number of H-pyrrole nitrogens is 1. The Morgan fingerprint density at radius 3 is 2.41 bits per heavy atom. The second-order valence-corrected chi connectivity index (χ2v) is 9.06. The maximum absolute atomic E-state index is 13.4. The number of aromatic amines is 1. The van der Waals surface area contributed by atoms with Gasteiger partial charge in [-0.2, -0.15) is 0 Å². The Morgan fingerprint density at radius 2 is 1.85 bits per heavy atom. The molecule has 1 fully saturated rings. The summed E-state index contributed by atoms with van der Waals surface area (Å²) in [5, 5.41) is 11.4. The van der Waals surface area contributed by atoms with Crippen molar-refractivity contribution in [2.24, 2.45) is 5.92 Å². The molecular weight excluding hydrogens is 395 g/mol. The molecule has 0 saturated carbocycles. The van der Waals surface area contributed by atoms with E-state index in [1.54, 1.807) is 6.92 Å². The van der Waals surface area contributed by atoms with Gasteiger partial charge in [-0.3, -0.25) is 0 Å². The molecule has 1 aromatic heterocycles. The van der Waals surface area contributed by atoms with Gasteiger partial charge in [-0.25, -0.2) is 9.89 Å². The van der Waals surface area contributed by atoms with E-state index in [4.69, 9.17) is 0 Å². The summed E-state index contributed by atoms with van der Waals surface area (Å²) in [6.07, 6.45) is 1.63. The number of rotatable bonds is 5. The maximum Gasteiger partial charge on any atom is 0.434 e. The van der Waals surface area contributed by atoms with E-state index in [1.165, 1.54) is 6.07 Å². The first-order chi connectivity index (χ1) is 12.3. The lowest BCUT2D eigenvalue weighted by atomic mass is 9.91. The highest BCUT2D eigenvalue weighted by atomic mass is 32.5. The molecule has 0 spiro atoms. The summed E-state index contributed by atoms with van der Waals surface area (Å²) >= 11 is 0. The molecular formula is C15H19F5N4O2S. The Hall–Kier alpha value is -2.08. The van der Waals surface area contributed by atoms with Gasteiger partial charge in [0.2, 0.25) is 5.89 Å². The summed E-state index contributed by atoms with van der Waals surface area (Å²) in [6.45, 7) is 3.36. The van der Waals surface area contributed by atoms with Crippen LogP contribution in [0.25, 0.3) is 11.5 Å². The van der Waals surface area contributed by atoms with Crippen molar-refractivity contribution in [3.05, 3.63) is 28.7 Å². The highest BCUT2D eigenvalue weighted by Crippen LogP contribution is 3.02. The normalized spacial score (nSPS) is 19.9. The van der Waals surface area contributed by atoms with E-state index in [2.05, 4.69) is 20.1 Å². The fourth-order valence-electron chi connectivity index (χ4n) is 3.11. The molecule has 0 bridgehead atoms. The van der Waals surface area contributed by atoms with Crippen molar-refractivity contribution in [2.45, 2.75) is 30.7 Å². The minimum atomic E-state index is -9.94. The van der Waals surface area contributed by atoms with Crippen LogP contribution in [0.4, 0.5) is 25.1 Å². The molecule has 0 amide bonds. The number of hydrogen-bond acceptors (Lipinski definition) is 5. The molecule has 0 aliphatic carbocycles. The molecule has 0 radical (unpaired) electrons. The van der Waals surface area contributed by atoms with Crippen LogP contribution in [0.2, 0.25) is 0 Å². The average molecular weight is 414 g/mol. The molecule has 3 rings (SSSR count). The zero-order valence-electron chi connectivity index (χ0n) is 14.3. The van der Waals surface area contributed by atoms with Gasteiger partial charge in [0, 0.05) is 17.3 Å². The lowest BCUT2D eigenvalue weighted by Crippen LogP contribution is -2.36. The summed E-state index contributed by atoms with van der Waals surface area (Å²) in [7, 11) is -9.94. The minimum Gasteiger partial charge on any atom is -0.388 e. The summed E-state index contributed by atoms with van der Waals surface area (Å²) in [5.41, 5.74) is -0.522. The van der Waals surface area contributed by atoms with Crippen LogP contribution in [0.15, 0.2) is 32.3 Å². The summed E-state index contributed by atoms with van der Waals surface area (Å²) in [4.78, 5) is 9.00. The number of benzene rings is 1. The first-order valence-electron chi connectivity index (χ1n) is 8.24. The Balaban J connectivity index is 2.01.